The Bertz CT molecular complexity index is 506. The Kier molecular flexibility index (Phi) is 6.46. The topological polar surface area (TPSA) is 32.6 Å². The van der Waals surface area contributed by atoms with E-state index in [4.69, 9.17) is 21.1 Å². The Morgan fingerprint density at radius 3 is 2.53 bits per heavy atom. The molecule has 0 saturated carbocycles. The molecule has 0 aliphatic carbocycles. The second-order valence-corrected chi connectivity index (χ2v) is 4.07. The van der Waals surface area contributed by atoms with E-state index in [0.717, 1.165) is 11.3 Å². The van der Waals surface area contributed by atoms with Crippen LogP contribution in [0.1, 0.15) is 11.3 Å². The van der Waals surface area contributed by atoms with Crippen molar-refractivity contribution in [2.45, 2.75) is 12.5 Å². The molecular formula is C14H15Cl2NO2. The van der Waals surface area contributed by atoms with Crippen LogP contribution >= 0.6 is 11.6 Å². The number of alkyl halides is 1. The van der Waals surface area contributed by atoms with Crippen LogP contribution in [0.4, 0.5) is 0 Å². The summed E-state index contributed by atoms with van der Waals surface area (Å²) in [7, 11) is 1.61. The van der Waals surface area contributed by atoms with Crippen LogP contribution in [0.3, 0.4) is 0 Å². The molecule has 1 aromatic heterocycles. The molecule has 0 aliphatic rings. The van der Waals surface area contributed by atoms with Gasteiger partial charge < -0.3 is 21.9 Å². The predicted molar refractivity (Wildman–Crippen MR) is 69.9 cm³/mol. The highest BCUT2D eigenvalue weighted by molar-refractivity contribution is 6.16. The van der Waals surface area contributed by atoms with Crippen molar-refractivity contribution in [2.24, 2.45) is 0 Å². The molecule has 2 rings (SSSR count). The smallest absolute Gasteiger partial charge is 0.226 e. The van der Waals surface area contributed by atoms with Gasteiger partial charge in [-0.3, -0.25) is 0 Å². The Morgan fingerprint density at radius 2 is 1.89 bits per heavy atom. The summed E-state index contributed by atoms with van der Waals surface area (Å²) in [5.41, 5.74) is 2.00. The molecule has 0 bridgehead atoms. The lowest BCUT2D eigenvalue weighted by atomic mass is 10.2. The van der Waals surface area contributed by atoms with Gasteiger partial charge in [0.05, 0.1) is 13.2 Å². The maximum absolute atomic E-state index is 5.75. The third kappa shape index (κ3) is 4.30. The van der Waals surface area contributed by atoms with E-state index >= 15 is 0 Å². The van der Waals surface area contributed by atoms with E-state index < -0.39 is 0 Å². The molecule has 2 aromatic rings. The summed E-state index contributed by atoms with van der Waals surface area (Å²) in [5.74, 6) is 1.77. The normalized spacial score (nSPS) is 9.58. The van der Waals surface area contributed by atoms with Crippen molar-refractivity contribution in [3.8, 4) is 11.5 Å². The fourth-order valence-electron chi connectivity index (χ4n) is 1.59. The maximum Gasteiger partial charge on any atom is 0.226 e. The second-order valence-electron chi connectivity index (χ2n) is 3.80. The quantitative estimate of drug-likeness (QED) is 0.718. The molecular weight excluding hydrogens is 285 g/mol. The summed E-state index contributed by atoms with van der Waals surface area (Å²) < 4.78 is 11.0. The van der Waals surface area contributed by atoms with E-state index in [1.807, 2.05) is 36.4 Å². The van der Waals surface area contributed by atoms with Crippen LogP contribution in [0.2, 0.25) is 0 Å². The molecule has 0 atom stereocenters. The molecule has 102 valence electrons. The molecule has 0 saturated heterocycles. The second kappa shape index (κ2) is 7.87. The molecule has 0 unspecified atom stereocenters. The first-order valence-electron chi connectivity index (χ1n) is 5.64. The van der Waals surface area contributed by atoms with Crippen molar-refractivity contribution in [3.05, 3.63) is 53.9 Å². The average molecular weight is 300 g/mol. The first-order valence-corrected chi connectivity index (χ1v) is 6.18. The van der Waals surface area contributed by atoms with Gasteiger partial charge in [0.2, 0.25) is 11.9 Å². The molecule has 1 aromatic carbocycles. The predicted octanol–water partition coefficient (Wildman–Crippen LogP) is -0.169. The van der Waals surface area contributed by atoms with Crippen molar-refractivity contribution < 1.29 is 26.9 Å². The lowest BCUT2D eigenvalue weighted by Crippen LogP contribution is -3.00. The Morgan fingerprint density at radius 1 is 1.16 bits per heavy atom. The molecule has 0 fully saturated rings. The van der Waals surface area contributed by atoms with Crippen molar-refractivity contribution in [2.75, 3.05) is 7.11 Å². The van der Waals surface area contributed by atoms with Gasteiger partial charge >= 0.3 is 0 Å². The Hall–Kier alpha value is -1.45. The van der Waals surface area contributed by atoms with Crippen LogP contribution in [0.5, 0.6) is 11.5 Å². The highest BCUT2D eigenvalue weighted by Crippen LogP contribution is 2.26. The first-order chi connectivity index (χ1) is 8.83. The van der Waals surface area contributed by atoms with Gasteiger partial charge in [-0.05, 0) is 5.56 Å². The fraction of sp³-hybridized carbons (Fsp3) is 0.214. The molecule has 0 amide bonds. The molecule has 3 nitrogen and oxygen atoms in total. The number of aromatic amines is 1. The molecule has 5 heteroatoms. The lowest BCUT2D eigenvalue weighted by Gasteiger charge is -2.08. The minimum Gasteiger partial charge on any atom is -1.00 e. The van der Waals surface area contributed by atoms with Crippen LogP contribution in [-0.4, -0.2) is 7.11 Å². The zero-order valence-electron chi connectivity index (χ0n) is 10.5. The highest BCUT2D eigenvalue weighted by Gasteiger charge is 2.11. The van der Waals surface area contributed by atoms with Crippen LogP contribution in [0.15, 0.2) is 42.6 Å². The average Bonchev–Trinajstić information content (AvgIpc) is 2.46. The molecule has 0 radical (unpaired) electrons. The van der Waals surface area contributed by atoms with Crippen LogP contribution in [0, 0.1) is 0 Å². The van der Waals surface area contributed by atoms with Gasteiger partial charge in [0.1, 0.15) is 12.5 Å². The minimum atomic E-state index is 0. The van der Waals surface area contributed by atoms with E-state index in [-0.39, 0.29) is 12.4 Å². The number of H-pyrrole nitrogens is 1. The van der Waals surface area contributed by atoms with Gasteiger partial charge in [-0.2, -0.15) is 0 Å². The lowest BCUT2D eigenvalue weighted by molar-refractivity contribution is -0.389. The van der Waals surface area contributed by atoms with Crippen molar-refractivity contribution in [1.82, 2.24) is 0 Å². The zero-order valence-corrected chi connectivity index (χ0v) is 12.0. The number of nitrogens with one attached hydrogen (secondary N) is 1. The van der Waals surface area contributed by atoms with E-state index in [0.29, 0.717) is 24.0 Å². The molecule has 1 heterocycles. The Labute approximate surface area is 123 Å². The number of rotatable bonds is 5. The van der Waals surface area contributed by atoms with E-state index in [1.165, 1.54) is 0 Å². The number of hydrogen-bond donors (Lipinski definition) is 0. The first kappa shape index (κ1) is 15.6. The van der Waals surface area contributed by atoms with Gasteiger partial charge in [0, 0.05) is 0 Å². The monoisotopic (exact) mass is 299 g/mol. The van der Waals surface area contributed by atoms with Gasteiger partial charge in [-0.15, -0.1) is 11.6 Å². The van der Waals surface area contributed by atoms with Crippen LogP contribution in [0.25, 0.3) is 0 Å². The van der Waals surface area contributed by atoms with E-state index in [2.05, 4.69) is 4.98 Å². The minimum absolute atomic E-state index is 0. The molecule has 1 N–H and O–H groups in total. The van der Waals surface area contributed by atoms with Crippen molar-refractivity contribution in [3.63, 3.8) is 0 Å². The van der Waals surface area contributed by atoms with Gasteiger partial charge in [-0.1, -0.05) is 30.3 Å². The van der Waals surface area contributed by atoms with Gasteiger partial charge in [-0.25, -0.2) is 4.98 Å². The summed E-state index contributed by atoms with van der Waals surface area (Å²) >= 11 is 5.75. The largest absolute Gasteiger partial charge is 1.00 e. The number of aromatic nitrogens is 1. The van der Waals surface area contributed by atoms with Crippen LogP contribution < -0.4 is 26.9 Å². The molecule has 19 heavy (non-hydrogen) atoms. The van der Waals surface area contributed by atoms with Crippen molar-refractivity contribution >= 4 is 11.6 Å². The molecule has 0 aliphatic heterocycles. The third-order valence-corrected chi connectivity index (χ3v) is 2.83. The number of pyridine rings is 1. The standard InChI is InChI=1S/C14H14ClNO2.ClH/c1-17-13-7-12(8-15)16-9-14(13)18-10-11-5-3-2-4-6-11;/h2-7,9H,8,10H2,1H3;1H. The van der Waals surface area contributed by atoms with Crippen molar-refractivity contribution in [1.29, 1.82) is 0 Å². The summed E-state index contributed by atoms with van der Waals surface area (Å²) in [6.07, 6.45) is 1.76. The summed E-state index contributed by atoms with van der Waals surface area (Å²) in [4.78, 5) is 3.06. The highest BCUT2D eigenvalue weighted by atomic mass is 35.5. The number of methoxy groups -OCH3 is 1. The van der Waals surface area contributed by atoms with Gasteiger partial charge in [0.25, 0.3) is 0 Å². The van der Waals surface area contributed by atoms with E-state index in [1.54, 1.807) is 13.3 Å². The summed E-state index contributed by atoms with van der Waals surface area (Å²) in [6.45, 7) is 0.505. The van der Waals surface area contributed by atoms with Gasteiger partial charge in [0.15, 0.2) is 11.4 Å². The van der Waals surface area contributed by atoms with E-state index in [9.17, 15) is 0 Å². The SMILES string of the molecule is COc1cc(CCl)[nH+]cc1OCc1ccccc1.[Cl-]. The Balaban J connectivity index is 0.00000180. The summed E-state index contributed by atoms with van der Waals surface area (Å²) in [6, 6.07) is 11.8. The number of hydrogen-bond acceptors (Lipinski definition) is 2. The fourth-order valence-corrected chi connectivity index (χ4v) is 1.74. The van der Waals surface area contributed by atoms with Crippen LogP contribution in [-0.2, 0) is 12.5 Å². The molecule has 0 spiro atoms. The zero-order chi connectivity index (χ0) is 12.8. The third-order valence-electron chi connectivity index (χ3n) is 2.54. The maximum atomic E-state index is 5.75. The number of halogens is 2. The summed E-state index contributed by atoms with van der Waals surface area (Å²) in [5, 5.41) is 0. The number of ether oxygens (including phenoxy) is 2. The number of benzene rings is 1.